The van der Waals surface area contributed by atoms with Crippen LogP contribution in [0.2, 0.25) is 0 Å². The van der Waals surface area contributed by atoms with Crippen molar-refractivity contribution in [3.05, 3.63) is 42.9 Å². The van der Waals surface area contributed by atoms with Crippen LogP contribution in [0.4, 0.5) is 5.82 Å². The normalized spacial score (nSPS) is 23.3. The minimum Gasteiger partial charge on any atom is -0.355 e. The van der Waals surface area contributed by atoms with Crippen LogP contribution in [-0.4, -0.2) is 23.1 Å². The summed E-state index contributed by atoms with van der Waals surface area (Å²) in [5.74, 6) is 3.26. The minimum atomic E-state index is 0.601. The van der Waals surface area contributed by atoms with Crippen LogP contribution in [0.3, 0.4) is 0 Å². The first-order valence-corrected chi connectivity index (χ1v) is 9.93. The van der Waals surface area contributed by atoms with Crippen molar-refractivity contribution >= 4 is 5.82 Å². The van der Waals surface area contributed by atoms with E-state index in [4.69, 9.17) is 4.98 Å². The van der Waals surface area contributed by atoms with Crippen LogP contribution < -0.4 is 4.90 Å². The van der Waals surface area contributed by atoms with Gasteiger partial charge in [0.25, 0.3) is 0 Å². The van der Waals surface area contributed by atoms with Crippen LogP contribution in [0.25, 0.3) is 11.1 Å². The molecule has 1 aliphatic heterocycles. The monoisotopic (exact) mass is 333 g/mol. The average molecular weight is 333 g/mol. The van der Waals surface area contributed by atoms with E-state index in [2.05, 4.69) is 28.1 Å². The second-order valence-corrected chi connectivity index (χ2v) is 8.53. The number of aromatic nitrogens is 2. The van der Waals surface area contributed by atoms with Crippen LogP contribution >= 0.6 is 0 Å². The van der Waals surface area contributed by atoms with Crippen LogP contribution in [0.15, 0.2) is 42.9 Å². The molecule has 25 heavy (non-hydrogen) atoms. The Balaban J connectivity index is 1.19. The van der Waals surface area contributed by atoms with E-state index < -0.39 is 0 Å². The maximum Gasteiger partial charge on any atom is 0.128 e. The van der Waals surface area contributed by atoms with Crippen molar-refractivity contribution in [3.63, 3.8) is 0 Å². The Bertz CT molecular complexity index is 705. The first-order valence-electron chi connectivity index (χ1n) is 9.93. The molecule has 2 aromatic rings. The molecule has 0 bridgehead atoms. The highest BCUT2D eigenvalue weighted by molar-refractivity contribution is 5.63. The Kier molecular flexibility index (Phi) is 3.76. The Labute approximate surface area is 150 Å². The third-order valence-electron chi connectivity index (χ3n) is 7.03. The molecule has 3 aliphatic rings. The van der Waals surface area contributed by atoms with E-state index >= 15 is 0 Å². The largest absolute Gasteiger partial charge is 0.355 e. The maximum atomic E-state index is 4.72. The van der Waals surface area contributed by atoms with Crippen molar-refractivity contribution in [2.45, 2.75) is 44.9 Å². The molecular formula is C22H27N3. The van der Waals surface area contributed by atoms with Gasteiger partial charge >= 0.3 is 0 Å². The number of anilines is 1. The Morgan fingerprint density at radius 3 is 2.24 bits per heavy atom. The molecule has 0 N–H and O–H groups in total. The van der Waals surface area contributed by atoms with E-state index in [0.717, 1.165) is 28.8 Å². The first-order chi connectivity index (χ1) is 12.3. The molecule has 2 aliphatic carbocycles. The maximum absolute atomic E-state index is 4.72. The third-order valence-corrected chi connectivity index (χ3v) is 7.03. The van der Waals surface area contributed by atoms with E-state index in [0.29, 0.717) is 5.41 Å². The molecule has 0 radical (unpaired) electrons. The summed E-state index contributed by atoms with van der Waals surface area (Å²) in [4.78, 5) is 11.4. The smallest absolute Gasteiger partial charge is 0.128 e. The topological polar surface area (TPSA) is 29.0 Å². The summed E-state index contributed by atoms with van der Waals surface area (Å²) in [5.41, 5.74) is 2.88. The van der Waals surface area contributed by atoms with E-state index in [1.54, 1.807) is 0 Å². The van der Waals surface area contributed by atoms with Gasteiger partial charge in [-0.25, -0.2) is 4.98 Å². The van der Waals surface area contributed by atoms with Gasteiger partial charge in [0.1, 0.15) is 5.82 Å². The second-order valence-electron chi connectivity index (χ2n) is 8.53. The highest BCUT2D eigenvalue weighted by atomic mass is 15.3. The Morgan fingerprint density at radius 2 is 1.64 bits per heavy atom. The summed E-state index contributed by atoms with van der Waals surface area (Å²) in [7, 11) is 0. The molecule has 3 fully saturated rings. The van der Waals surface area contributed by atoms with E-state index in [-0.39, 0.29) is 0 Å². The Morgan fingerprint density at radius 1 is 0.880 bits per heavy atom. The number of rotatable bonds is 3. The lowest BCUT2D eigenvalue weighted by molar-refractivity contribution is 0.0639. The molecule has 0 aromatic carbocycles. The lowest BCUT2D eigenvalue weighted by Crippen LogP contribution is -2.58. The summed E-state index contributed by atoms with van der Waals surface area (Å²) in [5, 5.41) is 0. The molecule has 1 saturated heterocycles. The summed E-state index contributed by atoms with van der Waals surface area (Å²) in [6.45, 7) is 2.42. The molecule has 0 unspecified atom stereocenters. The molecule has 0 atom stereocenters. The van der Waals surface area contributed by atoms with Crippen molar-refractivity contribution in [1.82, 2.24) is 9.97 Å². The molecular weight excluding hydrogens is 306 g/mol. The van der Waals surface area contributed by atoms with Gasteiger partial charge in [0, 0.05) is 48.2 Å². The fraction of sp³-hybridized carbons (Fsp3) is 0.545. The first kappa shape index (κ1) is 15.4. The Hall–Kier alpha value is -1.90. The van der Waals surface area contributed by atoms with Crippen LogP contribution in [0, 0.1) is 17.3 Å². The third kappa shape index (κ3) is 2.84. The number of pyridine rings is 2. The molecule has 3 heterocycles. The predicted molar refractivity (Wildman–Crippen MR) is 101 cm³/mol. The zero-order valence-electron chi connectivity index (χ0n) is 14.9. The van der Waals surface area contributed by atoms with Gasteiger partial charge < -0.3 is 4.90 Å². The molecule has 5 rings (SSSR count). The van der Waals surface area contributed by atoms with Gasteiger partial charge in [0.05, 0.1) is 0 Å². The van der Waals surface area contributed by atoms with Gasteiger partial charge in [-0.1, -0.05) is 25.3 Å². The highest BCUT2D eigenvalue weighted by Gasteiger charge is 2.46. The molecule has 2 aromatic heterocycles. The lowest BCUT2D eigenvalue weighted by atomic mass is 9.61. The molecule has 130 valence electrons. The fourth-order valence-electron chi connectivity index (χ4n) is 5.15. The summed E-state index contributed by atoms with van der Waals surface area (Å²) >= 11 is 0. The molecule has 1 spiro atoms. The quantitative estimate of drug-likeness (QED) is 0.796. The van der Waals surface area contributed by atoms with Crippen molar-refractivity contribution in [1.29, 1.82) is 0 Å². The zero-order valence-corrected chi connectivity index (χ0v) is 14.9. The zero-order chi connectivity index (χ0) is 16.7. The molecule has 3 heteroatoms. The van der Waals surface area contributed by atoms with Gasteiger partial charge in [-0.3, -0.25) is 4.98 Å². The second kappa shape index (κ2) is 6.12. The van der Waals surface area contributed by atoms with E-state index in [1.165, 1.54) is 58.0 Å². The molecule has 3 nitrogen and oxygen atoms in total. The number of hydrogen-bond acceptors (Lipinski definition) is 3. The molecule has 2 saturated carbocycles. The highest BCUT2D eigenvalue weighted by Crippen LogP contribution is 2.50. The lowest BCUT2D eigenvalue weighted by Gasteiger charge is -2.55. The van der Waals surface area contributed by atoms with Gasteiger partial charge in [-0.2, -0.15) is 0 Å². The van der Waals surface area contributed by atoms with Gasteiger partial charge in [0.15, 0.2) is 0 Å². The van der Waals surface area contributed by atoms with Crippen molar-refractivity contribution in [2.24, 2.45) is 17.3 Å². The van der Waals surface area contributed by atoms with Gasteiger partial charge in [-0.15, -0.1) is 0 Å². The van der Waals surface area contributed by atoms with Crippen molar-refractivity contribution in [2.75, 3.05) is 18.0 Å². The number of hydrogen-bond donors (Lipinski definition) is 0. The summed E-state index contributed by atoms with van der Waals surface area (Å²) < 4.78 is 0. The van der Waals surface area contributed by atoms with Gasteiger partial charge in [0.2, 0.25) is 0 Å². The molecule has 0 amide bonds. The average Bonchev–Trinajstić information content (AvgIpc) is 2.60. The van der Waals surface area contributed by atoms with Crippen LogP contribution in [0.5, 0.6) is 0 Å². The van der Waals surface area contributed by atoms with Gasteiger partial charge in [-0.05, 0) is 55.7 Å². The SMILES string of the molecule is c1cncc(-c2ccc(N3CC4(CCC(C5CCC5)CC4)C3)nc2)c1. The van der Waals surface area contributed by atoms with Crippen molar-refractivity contribution in [3.8, 4) is 11.1 Å². The summed E-state index contributed by atoms with van der Waals surface area (Å²) in [6, 6.07) is 8.41. The van der Waals surface area contributed by atoms with Crippen LogP contribution in [-0.2, 0) is 0 Å². The van der Waals surface area contributed by atoms with E-state index in [9.17, 15) is 0 Å². The van der Waals surface area contributed by atoms with Crippen molar-refractivity contribution < 1.29 is 0 Å². The van der Waals surface area contributed by atoms with E-state index in [1.807, 2.05) is 24.7 Å². The standard InChI is InChI=1S/C22H27N3/c1-3-17(4-1)18-8-10-22(11-9-18)15-25(16-22)21-7-6-20(14-24-21)19-5-2-12-23-13-19/h2,5-7,12-14,17-18H,1,3-4,8-11,15-16H2. The summed E-state index contributed by atoms with van der Waals surface area (Å²) in [6.07, 6.45) is 16.1. The fourth-order valence-corrected chi connectivity index (χ4v) is 5.15. The minimum absolute atomic E-state index is 0.601. The predicted octanol–water partition coefficient (Wildman–Crippen LogP) is 4.94. The number of nitrogens with zero attached hydrogens (tertiary/aromatic N) is 3. The van der Waals surface area contributed by atoms with Crippen LogP contribution in [0.1, 0.15) is 44.9 Å².